The van der Waals surface area contributed by atoms with Crippen LogP contribution in [0.5, 0.6) is 0 Å². The van der Waals surface area contributed by atoms with E-state index in [1.165, 1.54) is 38.5 Å². The summed E-state index contributed by atoms with van der Waals surface area (Å²) in [4.78, 5) is 0. The minimum Gasteiger partial charge on any atom is -0.313 e. The number of rotatable bonds is 4. The summed E-state index contributed by atoms with van der Waals surface area (Å²) in [5.41, 5.74) is 0. The summed E-state index contributed by atoms with van der Waals surface area (Å²) in [6, 6.07) is 0.736. The predicted octanol–water partition coefficient (Wildman–Crippen LogP) is 2.96. The van der Waals surface area contributed by atoms with E-state index in [4.69, 9.17) is 6.42 Å². The van der Waals surface area contributed by atoms with Crippen LogP contribution in [0.4, 0.5) is 0 Å². The van der Waals surface area contributed by atoms with Crippen LogP contribution in [0.15, 0.2) is 0 Å². The molecule has 0 aromatic carbocycles. The highest BCUT2D eigenvalue weighted by Crippen LogP contribution is 2.25. The molecule has 14 heavy (non-hydrogen) atoms. The van der Waals surface area contributed by atoms with E-state index in [2.05, 4.69) is 18.2 Å². The second-order valence-electron chi connectivity index (χ2n) is 4.39. The first-order valence-electron chi connectivity index (χ1n) is 6.03. The molecule has 1 rings (SSSR count). The molecule has 0 saturated heterocycles. The van der Waals surface area contributed by atoms with Crippen molar-refractivity contribution in [1.82, 2.24) is 5.32 Å². The van der Waals surface area contributed by atoms with Gasteiger partial charge in [0.2, 0.25) is 0 Å². The van der Waals surface area contributed by atoms with Crippen LogP contribution in [0.2, 0.25) is 0 Å². The molecule has 0 amide bonds. The summed E-state index contributed by atoms with van der Waals surface area (Å²) in [5.74, 6) is 3.66. The molecule has 0 aromatic rings. The Kier molecular flexibility index (Phi) is 5.71. The first kappa shape index (κ1) is 11.6. The lowest BCUT2D eigenvalue weighted by atomic mass is 9.98. The maximum Gasteiger partial charge on any atom is 0.0211 e. The average Bonchev–Trinajstić information content (AvgIpc) is 2.43. The van der Waals surface area contributed by atoms with Crippen LogP contribution in [-0.4, -0.2) is 12.6 Å². The molecule has 0 spiro atoms. The molecule has 1 nitrogen and oxygen atoms in total. The van der Waals surface area contributed by atoms with Crippen molar-refractivity contribution < 1.29 is 0 Å². The molecule has 2 atom stereocenters. The number of terminal acetylenes is 1. The fourth-order valence-electron chi connectivity index (χ4n) is 2.34. The van der Waals surface area contributed by atoms with Gasteiger partial charge in [-0.15, -0.1) is 12.3 Å². The molecule has 1 fully saturated rings. The van der Waals surface area contributed by atoms with Gasteiger partial charge in [-0.1, -0.05) is 26.2 Å². The van der Waals surface area contributed by atoms with E-state index < -0.39 is 0 Å². The van der Waals surface area contributed by atoms with Crippen LogP contribution < -0.4 is 5.32 Å². The van der Waals surface area contributed by atoms with Gasteiger partial charge in [0, 0.05) is 19.0 Å². The van der Waals surface area contributed by atoms with Gasteiger partial charge in [0.1, 0.15) is 0 Å². The van der Waals surface area contributed by atoms with E-state index in [-0.39, 0.29) is 0 Å². The Morgan fingerprint density at radius 2 is 2.14 bits per heavy atom. The molecule has 1 saturated carbocycles. The average molecular weight is 193 g/mol. The lowest BCUT2D eigenvalue weighted by Crippen LogP contribution is -2.29. The monoisotopic (exact) mass is 193 g/mol. The summed E-state index contributed by atoms with van der Waals surface area (Å²) in [7, 11) is 0. The van der Waals surface area contributed by atoms with Gasteiger partial charge in [-0.05, 0) is 25.2 Å². The molecule has 0 aromatic heterocycles. The molecule has 0 aliphatic heterocycles. The molecule has 2 unspecified atom stereocenters. The SMILES string of the molecule is C#CCCNC1CCCC(CC)CC1. The number of hydrogen-bond donors (Lipinski definition) is 1. The minimum atomic E-state index is 0.736. The van der Waals surface area contributed by atoms with Crippen LogP contribution in [-0.2, 0) is 0 Å². The molecule has 1 N–H and O–H groups in total. The van der Waals surface area contributed by atoms with Crippen molar-refractivity contribution in [3.05, 3.63) is 0 Å². The number of nitrogens with one attached hydrogen (secondary N) is 1. The van der Waals surface area contributed by atoms with Gasteiger partial charge in [-0.3, -0.25) is 0 Å². The van der Waals surface area contributed by atoms with Gasteiger partial charge >= 0.3 is 0 Å². The summed E-state index contributed by atoms with van der Waals surface area (Å²) in [5, 5.41) is 3.56. The lowest BCUT2D eigenvalue weighted by Gasteiger charge is -2.15. The smallest absolute Gasteiger partial charge is 0.0211 e. The summed E-state index contributed by atoms with van der Waals surface area (Å²) in [6.07, 6.45) is 14.4. The quantitative estimate of drug-likeness (QED) is 0.411. The molecule has 80 valence electrons. The van der Waals surface area contributed by atoms with Gasteiger partial charge in [-0.2, -0.15) is 0 Å². The van der Waals surface area contributed by atoms with Crippen molar-refractivity contribution in [3.8, 4) is 12.3 Å². The summed E-state index contributed by atoms with van der Waals surface area (Å²) in [6.45, 7) is 3.31. The lowest BCUT2D eigenvalue weighted by molar-refractivity contribution is 0.428. The van der Waals surface area contributed by atoms with E-state index in [0.717, 1.165) is 24.9 Å². The fourth-order valence-corrected chi connectivity index (χ4v) is 2.34. The molecule has 0 radical (unpaired) electrons. The molecular formula is C13H23N. The molecule has 1 aliphatic carbocycles. The Morgan fingerprint density at radius 3 is 2.86 bits per heavy atom. The van der Waals surface area contributed by atoms with E-state index in [0.29, 0.717) is 0 Å². The van der Waals surface area contributed by atoms with Crippen molar-refractivity contribution in [2.75, 3.05) is 6.54 Å². The Labute approximate surface area is 88.7 Å². The zero-order valence-electron chi connectivity index (χ0n) is 9.39. The normalized spacial score (nSPS) is 28.0. The van der Waals surface area contributed by atoms with Gasteiger partial charge in [0.05, 0.1) is 0 Å². The standard InChI is InChI=1S/C13H23N/c1-3-5-11-14-13-8-6-7-12(4-2)9-10-13/h1,12-14H,4-11H2,2H3. The van der Waals surface area contributed by atoms with E-state index in [1.54, 1.807) is 0 Å². The molecule has 1 heteroatoms. The van der Waals surface area contributed by atoms with Crippen LogP contribution in [0.1, 0.15) is 51.9 Å². The predicted molar refractivity (Wildman–Crippen MR) is 62.1 cm³/mol. The van der Waals surface area contributed by atoms with E-state index in [1.807, 2.05) is 0 Å². The van der Waals surface area contributed by atoms with Gasteiger partial charge in [0.25, 0.3) is 0 Å². The highest BCUT2D eigenvalue weighted by molar-refractivity contribution is 4.85. The van der Waals surface area contributed by atoms with Crippen LogP contribution in [0, 0.1) is 18.3 Å². The third kappa shape index (κ3) is 4.15. The summed E-state index contributed by atoms with van der Waals surface area (Å²) >= 11 is 0. The summed E-state index contributed by atoms with van der Waals surface area (Å²) < 4.78 is 0. The number of hydrogen-bond acceptors (Lipinski definition) is 1. The van der Waals surface area contributed by atoms with Crippen molar-refractivity contribution in [2.24, 2.45) is 5.92 Å². The zero-order chi connectivity index (χ0) is 10.2. The Bertz CT molecular complexity index is 180. The fraction of sp³-hybridized carbons (Fsp3) is 0.846. The van der Waals surface area contributed by atoms with Gasteiger partial charge < -0.3 is 5.32 Å². The maximum absolute atomic E-state index is 5.23. The minimum absolute atomic E-state index is 0.736. The highest BCUT2D eigenvalue weighted by atomic mass is 14.9. The topological polar surface area (TPSA) is 12.0 Å². The first-order chi connectivity index (χ1) is 6.86. The van der Waals surface area contributed by atoms with Crippen LogP contribution in [0.25, 0.3) is 0 Å². The molecule has 0 bridgehead atoms. The Morgan fingerprint density at radius 1 is 1.29 bits per heavy atom. The van der Waals surface area contributed by atoms with Crippen molar-refractivity contribution in [2.45, 2.75) is 57.9 Å². The van der Waals surface area contributed by atoms with Gasteiger partial charge in [-0.25, -0.2) is 0 Å². The zero-order valence-corrected chi connectivity index (χ0v) is 9.39. The van der Waals surface area contributed by atoms with Crippen molar-refractivity contribution in [1.29, 1.82) is 0 Å². The largest absolute Gasteiger partial charge is 0.313 e. The molecular weight excluding hydrogens is 170 g/mol. The first-order valence-corrected chi connectivity index (χ1v) is 6.03. The maximum atomic E-state index is 5.23. The third-order valence-corrected chi connectivity index (χ3v) is 3.37. The highest BCUT2D eigenvalue weighted by Gasteiger charge is 2.16. The third-order valence-electron chi connectivity index (χ3n) is 3.37. The van der Waals surface area contributed by atoms with Gasteiger partial charge in [0.15, 0.2) is 0 Å². The van der Waals surface area contributed by atoms with Crippen molar-refractivity contribution in [3.63, 3.8) is 0 Å². The van der Waals surface area contributed by atoms with Crippen LogP contribution >= 0.6 is 0 Å². The van der Waals surface area contributed by atoms with E-state index >= 15 is 0 Å². The van der Waals surface area contributed by atoms with E-state index in [9.17, 15) is 0 Å². The Balaban J connectivity index is 2.18. The van der Waals surface area contributed by atoms with Crippen LogP contribution in [0.3, 0.4) is 0 Å². The Hall–Kier alpha value is -0.480. The second-order valence-corrected chi connectivity index (χ2v) is 4.39. The molecule has 0 heterocycles. The second kappa shape index (κ2) is 6.90. The van der Waals surface area contributed by atoms with Crippen molar-refractivity contribution >= 4 is 0 Å². The molecule has 1 aliphatic rings.